The fourth-order valence-electron chi connectivity index (χ4n) is 0. The molecule has 0 fully saturated rings. The molecule has 5 heavy (non-hydrogen) atoms. The van der Waals surface area contributed by atoms with Crippen molar-refractivity contribution in [3.63, 3.8) is 0 Å². The van der Waals surface area contributed by atoms with Crippen LogP contribution in [-0.4, -0.2) is 12.5 Å². The molecular weight excluding hydrogens is 114 g/mol. The van der Waals surface area contributed by atoms with Gasteiger partial charge in [0.1, 0.15) is 0 Å². The van der Waals surface area contributed by atoms with Gasteiger partial charge < -0.3 is 0 Å². The minimum atomic E-state index is 0.194. The molecular formula is C2H5Cl2F. The van der Waals surface area contributed by atoms with E-state index in [1.807, 2.05) is 0 Å². The average molecular weight is 119 g/mol. The van der Waals surface area contributed by atoms with Gasteiger partial charge >= 0.3 is 0 Å². The van der Waals surface area contributed by atoms with E-state index in [9.17, 15) is 4.39 Å². The van der Waals surface area contributed by atoms with Gasteiger partial charge in [0.25, 0.3) is 0 Å². The number of rotatable bonds is 0. The van der Waals surface area contributed by atoms with Gasteiger partial charge in [-0.25, -0.2) is 0 Å². The minimum Gasteiger partial charge on any atom is -0.255 e. The van der Waals surface area contributed by atoms with E-state index in [2.05, 4.69) is 0 Å². The second-order valence-electron chi connectivity index (χ2n) is 0.101. The Morgan fingerprint density at radius 3 is 1.40 bits per heavy atom. The largest absolute Gasteiger partial charge is 0.255 e. The van der Waals surface area contributed by atoms with Gasteiger partial charge in [-0.1, -0.05) is 0 Å². The average Bonchev–Trinajstić information content (AvgIpc) is 1.46. The molecule has 0 nitrogen and oxygen atoms in total. The Balaban J connectivity index is 0. The molecule has 0 saturated heterocycles. The zero-order valence-electron chi connectivity index (χ0n) is 2.84. The van der Waals surface area contributed by atoms with Crippen molar-refractivity contribution in [2.75, 3.05) is 12.5 Å². The third-order valence-corrected chi connectivity index (χ3v) is 0. The van der Waals surface area contributed by atoms with Crippen LogP contribution in [0.5, 0.6) is 0 Å². The van der Waals surface area contributed by atoms with Crippen LogP contribution in [-0.2, 0) is 0 Å². The van der Waals surface area contributed by atoms with Crippen LogP contribution in [0.25, 0.3) is 0 Å². The van der Waals surface area contributed by atoms with Crippen molar-refractivity contribution < 1.29 is 4.39 Å². The highest BCUT2D eigenvalue weighted by atomic mass is 35.5. The predicted octanol–water partition coefficient (Wildman–Crippen LogP) is 2.01. The molecule has 0 heterocycles. The minimum absolute atomic E-state index is 0.194. The molecule has 0 spiro atoms. The molecule has 0 N–H and O–H groups in total. The summed E-state index contributed by atoms with van der Waals surface area (Å²) in [6, 6.07) is 0. The summed E-state index contributed by atoms with van der Waals surface area (Å²) < 4.78 is 9.50. The normalized spacial score (nSPS) is 4.80. The predicted molar refractivity (Wildman–Crippen MR) is 23.6 cm³/mol. The first-order valence-electron chi connectivity index (χ1n) is 0.912. The molecule has 0 amide bonds. The quantitative estimate of drug-likeness (QED) is 0.428. The third-order valence-electron chi connectivity index (χ3n) is 0. The van der Waals surface area contributed by atoms with E-state index in [1.54, 1.807) is 0 Å². The highest BCUT2D eigenvalue weighted by Gasteiger charge is 1.41. The van der Waals surface area contributed by atoms with Crippen LogP contribution in [0.2, 0.25) is 0 Å². The standard InChI is InChI=1S/CH2Cl2.CH3F/c2-1-3;1-2/h1H2;1H3. The van der Waals surface area contributed by atoms with Crippen LogP contribution in [0.3, 0.4) is 0 Å². The lowest BCUT2D eigenvalue weighted by molar-refractivity contribution is 0.636. The van der Waals surface area contributed by atoms with Crippen molar-refractivity contribution >= 4 is 23.2 Å². The molecule has 0 unspecified atom stereocenters. The molecule has 0 aromatic heterocycles. The lowest BCUT2D eigenvalue weighted by Gasteiger charge is -1.42. The SMILES string of the molecule is CF.ClCCl. The van der Waals surface area contributed by atoms with E-state index in [0.29, 0.717) is 7.18 Å². The lowest BCUT2D eigenvalue weighted by Crippen LogP contribution is -1.24. The first-order chi connectivity index (χ1) is 2.41. The van der Waals surface area contributed by atoms with E-state index in [-0.39, 0.29) is 5.34 Å². The molecule has 0 saturated carbocycles. The van der Waals surface area contributed by atoms with Crippen molar-refractivity contribution in [1.29, 1.82) is 0 Å². The monoisotopic (exact) mass is 118 g/mol. The Bertz CT molecular complexity index is 7.61. The van der Waals surface area contributed by atoms with E-state index in [0.717, 1.165) is 0 Å². The summed E-state index contributed by atoms with van der Waals surface area (Å²) in [5.41, 5.74) is 0. The number of hydrogen-bond acceptors (Lipinski definition) is 0. The molecule has 34 valence electrons. The zero-order chi connectivity index (χ0) is 4.71. The van der Waals surface area contributed by atoms with Gasteiger partial charge in [-0.15, -0.1) is 23.2 Å². The Morgan fingerprint density at radius 2 is 1.40 bits per heavy atom. The Kier molecular flexibility index (Phi) is 44.3. The van der Waals surface area contributed by atoms with Crippen LogP contribution in [0, 0.1) is 0 Å². The van der Waals surface area contributed by atoms with Crippen LogP contribution in [0.15, 0.2) is 0 Å². The maximum atomic E-state index is 9.50. The highest BCUT2D eigenvalue weighted by molar-refractivity contribution is 6.40. The lowest BCUT2D eigenvalue weighted by atomic mass is 11.9. The summed E-state index contributed by atoms with van der Waals surface area (Å²) >= 11 is 9.53. The second kappa shape index (κ2) is 24.4. The number of halogens is 3. The number of hydrogen-bond donors (Lipinski definition) is 0. The molecule has 0 radical (unpaired) electrons. The van der Waals surface area contributed by atoms with E-state index >= 15 is 0 Å². The molecule has 0 atom stereocenters. The molecule has 0 aliphatic carbocycles. The van der Waals surface area contributed by atoms with E-state index in [1.165, 1.54) is 0 Å². The molecule has 0 aromatic rings. The summed E-state index contributed by atoms with van der Waals surface area (Å²) in [4.78, 5) is 0. The highest BCUT2D eigenvalue weighted by Crippen LogP contribution is 1.73. The summed E-state index contributed by atoms with van der Waals surface area (Å²) in [6.07, 6.45) is 0. The van der Waals surface area contributed by atoms with Gasteiger partial charge in [-0.2, -0.15) is 0 Å². The van der Waals surface area contributed by atoms with Crippen LogP contribution in [0.4, 0.5) is 4.39 Å². The molecule has 0 aromatic carbocycles. The Morgan fingerprint density at radius 1 is 1.40 bits per heavy atom. The smallest absolute Gasteiger partial charge is 0.0967 e. The van der Waals surface area contributed by atoms with Crippen LogP contribution < -0.4 is 0 Å². The van der Waals surface area contributed by atoms with Crippen LogP contribution in [0.1, 0.15) is 0 Å². The van der Waals surface area contributed by atoms with Gasteiger partial charge in [0, 0.05) is 0 Å². The van der Waals surface area contributed by atoms with Gasteiger partial charge in [0.15, 0.2) is 0 Å². The van der Waals surface area contributed by atoms with E-state index in [4.69, 9.17) is 23.2 Å². The fraction of sp³-hybridized carbons (Fsp3) is 1.00. The Hall–Kier alpha value is 0.510. The van der Waals surface area contributed by atoms with Gasteiger partial charge in [0.2, 0.25) is 0 Å². The Labute approximate surface area is 40.9 Å². The summed E-state index contributed by atoms with van der Waals surface area (Å²) in [6.45, 7) is 0. The molecule has 0 aliphatic rings. The van der Waals surface area contributed by atoms with Crippen molar-refractivity contribution in [2.45, 2.75) is 0 Å². The van der Waals surface area contributed by atoms with Crippen molar-refractivity contribution in [1.82, 2.24) is 0 Å². The molecule has 3 heteroatoms. The number of alkyl halides is 3. The van der Waals surface area contributed by atoms with Crippen LogP contribution >= 0.6 is 23.2 Å². The maximum absolute atomic E-state index is 9.50. The third kappa shape index (κ3) is 109. The van der Waals surface area contributed by atoms with Crippen molar-refractivity contribution in [2.24, 2.45) is 0 Å². The first-order valence-corrected chi connectivity index (χ1v) is 1.98. The molecule has 0 bridgehead atoms. The summed E-state index contributed by atoms with van der Waals surface area (Å²) in [5.74, 6) is 0. The van der Waals surface area contributed by atoms with E-state index < -0.39 is 0 Å². The zero-order valence-corrected chi connectivity index (χ0v) is 4.35. The molecule has 0 aliphatic heterocycles. The van der Waals surface area contributed by atoms with Gasteiger partial charge in [-0.05, 0) is 0 Å². The van der Waals surface area contributed by atoms with Crippen molar-refractivity contribution in [3.05, 3.63) is 0 Å². The second-order valence-corrected chi connectivity index (χ2v) is 0.909. The molecule has 0 rings (SSSR count). The summed E-state index contributed by atoms with van der Waals surface area (Å²) in [5, 5.41) is 0.194. The topological polar surface area (TPSA) is 0 Å². The first kappa shape index (κ1) is 9.10. The maximum Gasteiger partial charge on any atom is 0.0967 e. The van der Waals surface area contributed by atoms with Gasteiger partial charge in [-0.3, -0.25) is 4.39 Å². The van der Waals surface area contributed by atoms with Crippen molar-refractivity contribution in [3.8, 4) is 0 Å². The van der Waals surface area contributed by atoms with Gasteiger partial charge in [0.05, 0.1) is 12.5 Å². The summed E-state index contributed by atoms with van der Waals surface area (Å²) in [7, 11) is 0.500. The fourth-order valence-corrected chi connectivity index (χ4v) is 0.